The van der Waals surface area contributed by atoms with Crippen LogP contribution in [-0.4, -0.2) is 37.4 Å². The smallest absolute Gasteiger partial charge is 0.261 e. The number of amides is 1. The van der Waals surface area contributed by atoms with E-state index in [-0.39, 0.29) is 18.6 Å². The summed E-state index contributed by atoms with van der Waals surface area (Å²) >= 11 is 1.36. The summed E-state index contributed by atoms with van der Waals surface area (Å²) in [7, 11) is 1.64. The molecule has 0 bridgehead atoms. The zero-order chi connectivity index (χ0) is 14.1. The van der Waals surface area contributed by atoms with Gasteiger partial charge in [0.2, 0.25) is 0 Å². The molecule has 1 atom stereocenters. The molecule has 4 nitrogen and oxygen atoms in total. The molecule has 104 valence electrons. The van der Waals surface area contributed by atoms with E-state index < -0.39 is 0 Å². The van der Waals surface area contributed by atoms with Gasteiger partial charge in [-0.05, 0) is 25.5 Å². The maximum Gasteiger partial charge on any atom is 0.261 e. The second-order valence-corrected chi connectivity index (χ2v) is 5.18. The molecular formula is C14H19NO3S. The molecule has 1 amide bonds. The molecule has 0 fully saturated rings. The van der Waals surface area contributed by atoms with E-state index in [0.29, 0.717) is 17.9 Å². The molecule has 0 saturated heterocycles. The number of nitrogens with one attached hydrogen (secondary N) is 1. The number of thiophene rings is 1. The fourth-order valence-corrected chi connectivity index (χ4v) is 2.18. The van der Waals surface area contributed by atoms with E-state index >= 15 is 0 Å². The molecule has 0 radical (unpaired) electrons. The SMILES string of the molecule is COCCC(C)NC(=O)c1ccc(C#CCCO)s1. The van der Waals surface area contributed by atoms with Crippen molar-refractivity contribution in [3.8, 4) is 11.8 Å². The third-order valence-electron chi connectivity index (χ3n) is 2.41. The third-order valence-corrected chi connectivity index (χ3v) is 3.41. The number of hydrogen-bond acceptors (Lipinski definition) is 4. The normalized spacial score (nSPS) is 11.5. The molecule has 0 aliphatic carbocycles. The Kier molecular flexibility index (Phi) is 7.19. The third kappa shape index (κ3) is 5.88. The Bertz CT molecular complexity index is 459. The highest BCUT2D eigenvalue weighted by Crippen LogP contribution is 2.15. The minimum absolute atomic E-state index is 0.0583. The van der Waals surface area contributed by atoms with Gasteiger partial charge in [-0.2, -0.15) is 0 Å². The van der Waals surface area contributed by atoms with Crippen LogP contribution in [0.15, 0.2) is 12.1 Å². The van der Waals surface area contributed by atoms with E-state index in [1.165, 1.54) is 11.3 Å². The molecule has 1 aromatic rings. The van der Waals surface area contributed by atoms with Crippen LogP contribution >= 0.6 is 11.3 Å². The lowest BCUT2D eigenvalue weighted by Gasteiger charge is -2.12. The van der Waals surface area contributed by atoms with Crippen LogP contribution in [0.5, 0.6) is 0 Å². The van der Waals surface area contributed by atoms with Gasteiger partial charge in [0.05, 0.1) is 16.4 Å². The van der Waals surface area contributed by atoms with E-state index in [2.05, 4.69) is 17.2 Å². The standard InChI is InChI=1S/C14H19NO3S/c1-11(8-10-18-2)15-14(17)13-7-6-12(19-13)5-3-4-9-16/h6-7,11,16H,4,8-10H2,1-2H3,(H,15,17). The molecule has 1 unspecified atom stereocenters. The van der Waals surface area contributed by atoms with Crippen molar-refractivity contribution in [3.63, 3.8) is 0 Å². The van der Waals surface area contributed by atoms with Gasteiger partial charge >= 0.3 is 0 Å². The molecule has 1 rings (SSSR count). The molecule has 2 N–H and O–H groups in total. The Morgan fingerprint density at radius 3 is 3.05 bits per heavy atom. The Morgan fingerprint density at radius 1 is 1.58 bits per heavy atom. The van der Waals surface area contributed by atoms with E-state index in [9.17, 15) is 4.79 Å². The van der Waals surface area contributed by atoms with Crippen LogP contribution in [0.25, 0.3) is 0 Å². The van der Waals surface area contributed by atoms with Gasteiger partial charge in [-0.25, -0.2) is 0 Å². The minimum Gasteiger partial charge on any atom is -0.395 e. The fourth-order valence-electron chi connectivity index (χ4n) is 1.39. The number of rotatable bonds is 6. The Morgan fingerprint density at radius 2 is 2.37 bits per heavy atom. The van der Waals surface area contributed by atoms with Gasteiger partial charge < -0.3 is 15.2 Å². The van der Waals surface area contributed by atoms with Crippen LogP contribution in [0.2, 0.25) is 0 Å². The number of aliphatic hydroxyl groups excluding tert-OH is 1. The average molecular weight is 281 g/mol. The average Bonchev–Trinajstić information content (AvgIpc) is 2.85. The molecule has 5 heteroatoms. The van der Waals surface area contributed by atoms with Gasteiger partial charge in [0.1, 0.15) is 0 Å². The highest BCUT2D eigenvalue weighted by atomic mass is 32.1. The molecule has 0 saturated carbocycles. The van der Waals surface area contributed by atoms with Crippen LogP contribution in [0.4, 0.5) is 0 Å². The van der Waals surface area contributed by atoms with Crippen LogP contribution in [0, 0.1) is 11.8 Å². The summed E-state index contributed by atoms with van der Waals surface area (Å²) in [5.74, 6) is 5.67. The zero-order valence-electron chi connectivity index (χ0n) is 11.2. The number of ether oxygens (including phenoxy) is 1. The molecule has 0 aromatic carbocycles. The summed E-state index contributed by atoms with van der Waals surface area (Å²) in [5, 5.41) is 11.5. The molecular weight excluding hydrogens is 262 g/mol. The monoisotopic (exact) mass is 281 g/mol. The second-order valence-electron chi connectivity index (χ2n) is 4.10. The van der Waals surface area contributed by atoms with Gasteiger partial charge in [0.25, 0.3) is 5.91 Å². The first kappa shape index (κ1) is 15.7. The maximum atomic E-state index is 11.9. The molecule has 0 aliphatic heterocycles. The Labute approximate surface area is 117 Å². The highest BCUT2D eigenvalue weighted by molar-refractivity contribution is 7.14. The fraction of sp³-hybridized carbons (Fsp3) is 0.500. The number of carbonyl (C=O) groups excluding carboxylic acids is 1. The van der Waals surface area contributed by atoms with Gasteiger partial charge in [-0.15, -0.1) is 11.3 Å². The second kappa shape index (κ2) is 8.70. The highest BCUT2D eigenvalue weighted by Gasteiger charge is 2.11. The van der Waals surface area contributed by atoms with Crippen molar-refractivity contribution in [2.75, 3.05) is 20.3 Å². The number of aliphatic hydroxyl groups is 1. The van der Waals surface area contributed by atoms with E-state index in [1.54, 1.807) is 13.2 Å². The van der Waals surface area contributed by atoms with Crippen molar-refractivity contribution < 1.29 is 14.6 Å². The van der Waals surface area contributed by atoms with Gasteiger partial charge in [0.15, 0.2) is 0 Å². The van der Waals surface area contributed by atoms with Crippen molar-refractivity contribution in [1.29, 1.82) is 0 Å². The largest absolute Gasteiger partial charge is 0.395 e. The summed E-state index contributed by atoms with van der Waals surface area (Å²) in [6, 6.07) is 3.67. The lowest BCUT2D eigenvalue weighted by molar-refractivity contribution is 0.0933. The molecule has 0 spiro atoms. The van der Waals surface area contributed by atoms with Crippen molar-refractivity contribution >= 4 is 17.2 Å². The molecule has 19 heavy (non-hydrogen) atoms. The lowest BCUT2D eigenvalue weighted by atomic mass is 10.2. The zero-order valence-corrected chi connectivity index (χ0v) is 12.0. The topological polar surface area (TPSA) is 58.6 Å². The van der Waals surface area contributed by atoms with E-state index in [4.69, 9.17) is 9.84 Å². The Hall–Kier alpha value is -1.35. The van der Waals surface area contributed by atoms with E-state index in [1.807, 2.05) is 13.0 Å². The predicted octanol–water partition coefficient (Wildman–Crippen LogP) is 1.64. The van der Waals surface area contributed by atoms with E-state index in [0.717, 1.165) is 11.3 Å². The first-order valence-electron chi connectivity index (χ1n) is 6.16. The van der Waals surface area contributed by atoms with Crippen molar-refractivity contribution in [3.05, 3.63) is 21.9 Å². The molecule has 1 aromatic heterocycles. The number of carbonyl (C=O) groups is 1. The first-order chi connectivity index (χ1) is 9.17. The summed E-state index contributed by atoms with van der Waals surface area (Å²) in [5.41, 5.74) is 0. The first-order valence-corrected chi connectivity index (χ1v) is 6.98. The quantitative estimate of drug-likeness (QED) is 0.779. The molecule has 1 heterocycles. The summed E-state index contributed by atoms with van der Waals surface area (Å²) in [6.07, 6.45) is 1.24. The van der Waals surface area contributed by atoms with Crippen LogP contribution in [0.1, 0.15) is 34.3 Å². The molecule has 0 aliphatic rings. The Balaban J connectivity index is 2.52. The summed E-state index contributed by atoms with van der Waals surface area (Å²) in [4.78, 5) is 13.4. The van der Waals surface area contributed by atoms with Gasteiger partial charge in [0, 0.05) is 26.2 Å². The number of hydrogen-bond donors (Lipinski definition) is 2. The van der Waals surface area contributed by atoms with Crippen molar-refractivity contribution in [2.45, 2.75) is 25.8 Å². The van der Waals surface area contributed by atoms with Crippen molar-refractivity contribution in [1.82, 2.24) is 5.32 Å². The summed E-state index contributed by atoms with van der Waals surface area (Å²) in [6.45, 7) is 2.64. The summed E-state index contributed by atoms with van der Waals surface area (Å²) < 4.78 is 4.97. The van der Waals surface area contributed by atoms with Gasteiger partial charge in [-0.1, -0.05) is 11.8 Å². The maximum absolute atomic E-state index is 11.9. The van der Waals surface area contributed by atoms with Crippen LogP contribution < -0.4 is 5.32 Å². The predicted molar refractivity (Wildman–Crippen MR) is 76.3 cm³/mol. The van der Waals surface area contributed by atoms with Crippen LogP contribution in [0.3, 0.4) is 0 Å². The lowest BCUT2D eigenvalue weighted by Crippen LogP contribution is -2.32. The van der Waals surface area contributed by atoms with Crippen LogP contribution in [-0.2, 0) is 4.74 Å². The van der Waals surface area contributed by atoms with Crippen molar-refractivity contribution in [2.24, 2.45) is 0 Å². The van der Waals surface area contributed by atoms with Gasteiger partial charge in [-0.3, -0.25) is 4.79 Å². The minimum atomic E-state index is -0.0798. The number of methoxy groups -OCH3 is 1.